The second kappa shape index (κ2) is 21.6. The number of aromatic amines is 1. The van der Waals surface area contributed by atoms with E-state index in [0.717, 1.165) is 38.2 Å². The maximum absolute atomic E-state index is 14.0. The van der Waals surface area contributed by atoms with Gasteiger partial charge in [0, 0.05) is 59.0 Å². The van der Waals surface area contributed by atoms with Crippen LogP contribution in [0.3, 0.4) is 0 Å². The maximum Gasteiger partial charge on any atom is 0.275 e. The van der Waals surface area contributed by atoms with Gasteiger partial charge in [0.15, 0.2) is 12.3 Å². The number of aryl methyl sites for hydroxylation is 1. The number of rotatable bonds is 23. The summed E-state index contributed by atoms with van der Waals surface area (Å²) in [5.74, 6) is -2.49. The van der Waals surface area contributed by atoms with Gasteiger partial charge >= 0.3 is 0 Å². The standard InChI is InChI=1S/C49H54N8O10/c1-4-30-23-35-36(49(2,3)45-43(44(35)60)32-9-8-29(25-50)22-38(32)55-45)24-34(30)31(26-51)27-52-28-41(59)54-13-15-65-17-19-67-21-20-66-18-16-64-14-12-53-37-7-5-6-33-42(37)48(63)57(47(33)62)39-10-11-40(58)56-46(39)61/h5-9,22-24,26-27,39,51-53,55H,4,10-21,28H2,1-3H3,(H,54,59)(H,56,58,61)/p+1/b31-27+,51-26?. The van der Waals surface area contributed by atoms with Crippen molar-refractivity contribution >= 4 is 63.7 Å². The first-order valence-electron chi connectivity index (χ1n) is 22.4. The second-order valence-electron chi connectivity index (χ2n) is 16.7. The Morgan fingerprint density at radius 1 is 0.910 bits per heavy atom. The number of piperidine rings is 1. The number of carbonyl (C=O) groups is 6. The van der Waals surface area contributed by atoms with Crippen LogP contribution in [0.2, 0.25) is 0 Å². The van der Waals surface area contributed by atoms with E-state index < -0.39 is 35.1 Å². The van der Waals surface area contributed by atoms with Crippen LogP contribution in [0.5, 0.6) is 0 Å². The van der Waals surface area contributed by atoms with Gasteiger partial charge in [0.2, 0.25) is 11.8 Å². The maximum atomic E-state index is 14.0. The molecule has 3 heterocycles. The van der Waals surface area contributed by atoms with E-state index in [0.29, 0.717) is 100 Å². The van der Waals surface area contributed by atoms with Crippen molar-refractivity contribution in [2.75, 3.05) is 77.8 Å². The van der Waals surface area contributed by atoms with Gasteiger partial charge in [-0.05, 0) is 65.9 Å². The fraction of sp³-hybridized carbons (Fsp3) is 0.388. The first kappa shape index (κ1) is 48.1. The Balaban J connectivity index is 0.739. The number of ketones is 1. The highest BCUT2D eigenvalue weighted by Crippen LogP contribution is 2.45. The number of hydrogen-bond donors (Lipinski definition) is 6. The molecule has 18 nitrogen and oxygen atoms in total. The van der Waals surface area contributed by atoms with Crippen molar-refractivity contribution in [3.63, 3.8) is 0 Å². The summed E-state index contributed by atoms with van der Waals surface area (Å²) in [7, 11) is 0. The number of allylic oxidation sites excluding steroid dienone is 1. The Bertz CT molecular complexity index is 2680. The SMILES string of the molecule is CCc1cc2c(cc1/C(C=N)=C/[NH2+]CC(=O)NCCOCCOCCOCCOCCNc1cccc3c1C(=O)N(C1CCC(=O)NC1=O)C3=O)C(C)(C)c1[nH]c3cc(C#N)ccc3c1C2=O. The number of anilines is 1. The molecular weight excluding hydrogens is 861 g/mol. The van der Waals surface area contributed by atoms with Gasteiger partial charge in [0.25, 0.3) is 17.7 Å². The van der Waals surface area contributed by atoms with E-state index in [1.165, 1.54) is 6.21 Å². The van der Waals surface area contributed by atoms with Gasteiger partial charge in [0.1, 0.15) is 12.2 Å². The minimum Gasteiger partial charge on any atom is -0.382 e. The number of aromatic nitrogens is 1. The molecule has 1 fully saturated rings. The van der Waals surface area contributed by atoms with Crippen LogP contribution in [0, 0.1) is 16.7 Å². The summed E-state index contributed by atoms with van der Waals surface area (Å²) in [6, 6.07) is 15.3. The molecule has 7 rings (SSSR count). The summed E-state index contributed by atoms with van der Waals surface area (Å²) in [4.78, 5) is 81.1. The quantitative estimate of drug-likeness (QED) is 0.0357. The van der Waals surface area contributed by atoms with Crippen molar-refractivity contribution in [2.45, 2.75) is 51.5 Å². The van der Waals surface area contributed by atoms with Gasteiger partial charge in [-0.1, -0.05) is 32.9 Å². The number of fused-ring (bicyclic) bond motifs is 5. The molecule has 0 bridgehead atoms. The molecule has 5 amide bonds. The number of carbonyl (C=O) groups excluding carboxylic acids is 6. The molecule has 0 spiro atoms. The topological polar surface area (TPSA) is 259 Å². The monoisotopic (exact) mass is 915 g/mol. The van der Waals surface area contributed by atoms with Gasteiger partial charge in [-0.2, -0.15) is 5.26 Å². The highest BCUT2D eigenvalue weighted by Gasteiger charge is 2.46. The van der Waals surface area contributed by atoms with Crippen LogP contribution in [-0.2, 0) is 45.2 Å². The molecule has 67 heavy (non-hydrogen) atoms. The van der Waals surface area contributed by atoms with E-state index >= 15 is 0 Å². The van der Waals surface area contributed by atoms with E-state index in [1.807, 2.05) is 25.1 Å². The number of nitrogens with two attached hydrogens (primary N) is 1. The minimum absolute atomic E-state index is 0.0500. The third-order valence-corrected chi connectivity index (χ3v) is 12.1. The summed E-state index contributed by atoms with van der Waals surface area (Å²) >= 11 is 0. The zero-order valence-corrected chi connectivity index (χ0v) is 37.8. The van der Waals surface area contributed by atoms with Gasteiger partial charge in [-0.15, -0.1) is 0 Å². The first-order chi connectivity index (χ1) is 32.4. The van der Waals surface area contributed by atoms with Crippen molar-refractivity contribution in [1.29, 1.82) is 10.7 Å². The molecular formula is C49H55N8O10+. The lowest BCUT2D eigenvalue weighted by Gasteiger charge is -2.33. The first-order valence-corrected chi connectivity index (χ1v) is 22.4. The molecule has 2 aliphatic heterocycles. The Labute approximate surface area is 387 Å². The number of amides is 5. The normalized spacial score (nSPS) is 16.4. The molecule has 3 aliphatic rings. The number of H-pyrrole nitrogens is 1. The van der Waals surface area contributed by atoms with Crippen molar-refractivity contribution in [1.82, 2.24) is 20.5 Å². The zero-order valence-electron chi connectivity index (χ0n) is 37.8. The average Bonchev–Trinajstić information content (AvgIpc) is 3.84. The predicted octanol–water partition coefficient (Wildman–Crippen LogP) is 2.72. The number of nitriles is 1. The fourth-order valence-corrected chi connectivity index (χ4v) is 8.68. The van der Waals surface area contributed by atoms with E-state index in [9.17, 15) is 34.0 Å². The summed E-state index contributed by atoms with van der Waals surface area (Å²) in [6.07, 6.45) is 3.81. The van der Waals surface area contributed by atoms with Crippen LogP contribution in [0.25, 0.3) is 16.5 Å². The molecule has 1 unspecified atom stereocenters. The Morgan fingerprint density at radius 3 is 2.28 bits per heavy atom. The molecule has 7 N–H and O–H groups in total. The van der Waals surface area contributed by atoms with Crippen molar-refractivity contribution < 1.29 is 53.0 Å². The Morgan fingerprint density at radius 2 is 1.61 bits per heavy atom. The van der Waals surface area contributed by atoms with Crippen LogP contribution in [0.15, 0.2) is 54.7 Å². The molecule has 350 valence electrons. The van der Waals surface area contributed by atoms with Crippen molar-refractivity contribution in [3.05, 3.63) is 105 Å². The second-order valence-corrected chi connectivity index (χ2v) is 16.7. The van der Waals surface area contributed by atoms with Crippen LogP contribution in [0.1, 0.15) is 98.2 Å². The van der Waals surface area contributed by atoms with Gasteiger partial charge in [-0.25, -0.2) is 0 Å². The highest BCUT2D eigenvalue weighted by molar-refractivity contribution is 6.25. The fourth-order valence-electron chi connectivity index (χ4n) is 8.68. The third kappa shape index (κ3) is 10.4. The molecule has 1 saturated heterocycles. The predicted molar refractivity (Wildman–Crippen MR) is 246 cm³/mol. The van der Waals surface area contributed by atoms with E-state index in [-0.39, 0.29) is 42.2 Å². The van der Waals surface area contributed by atoms with Crippen LogP contribution >= 0.6 is 0 Å². The number of benzene rings is 3. The molecule has 1 aromatic heterocycles. The van der Waals surface area contributed by atoms with E-state index in [2.05, 4.69) is 40.9 Å². The molecule has 1 atom stereocenters. The average molecular weight is 916 g/mol. The van der Waals surface area contributed by atoms with Crippen LogP contribution in [0.4, 0.5) is 5.69 Å². The van der Waals surface area contributed by atoms with Crippen molar-refractivity contribution in [3.8, 4) is 6.07 Å². The molecule has 3 aromatic carbocycles. The van der Waals surface area contributed by atoms with E-state index in [4.69, 9.17) is 24.4 Å². The number of nitrogens with one attached hydrogen (secondary N) is 5. The lowest BCUT2D eigenvalue weighted by atomic mass is 9.70. The number of quaternary nitrogens is 1. The molecule has 0 saturated carbocycles. The number of imide groups is 2. The lowest BCUT2D eigenvalue weighted by molar-refractivity contribution is -0.575. The summed E-state index contributed by atoms with van der Waals surface area (Å²) in [5, 5.41) is 28.3. The number of hydrogen-bond acceptors (Lipinski definition) is 13. The molecule has 4 aromatic rings. The van der Waals surface area contributed by atoms with Crippen molar-refractivity contribution in [2.24, 2.45) is 0 Å². The number of ether oxygens (including phenoxy) is 4. The molecule has 0 radical (unpaired) electrons. The number of nitrogens with zero attached hydrogens (tertiary/aromatic N) is 2. The largest absolute Gasteiger partial charge is 0.382 e. The Hall–Kier alpha value is -6.88. The molecule has 1 aliphatic carbocycles. The smallest absolute Gasteiger partial charge is 0.275 e. The minimum atomic E-state index is -1.03. The lowest BCUT2D eigenvalue weighted by Crippen LogP contribution is -2.81. The Kier molecular flexibility index (Phi) is 15.5. The van der Waals surface area contributed by atoms with Crippen LogP contribution < -0.4 is 21.3 Å². The van der Waals surface area contributed by atoms with Gasteiger partial charge < -0.3 is 45.3 Å². The summed E-state index contributed by atoms with van der Waals surface area (Å²) in [6.45, 7) is 9.64. The highest BCUT2D eigenvalue weighted by atomic mass is 16.6. The van der Waals surface area contributed by atoms with Gasteiger partial charge in [0.05, 0.1) is 86.8 Å². The van der Waals surface area contributed by atoms with Gasteiger partial charge in [-0.3, -0.25) is 39.0 Å². The zero-order chi connectivity index (χ0) is 47.7. The van der Waals surface area contributed by atoms with E-state index in [1.54, 1.807) is 41.8 Å². The summed E-state index contributed by atoms with van der Waals surface area (Å²) in [5.41, 5.74) is 6.80. The van der Waals surface area contributed by atoms with Crippen LogP contribution in [-0.4, -0.2) is 130 Å². The molecule has 18 heteroatoms. The summed E-state index contributed by atoms with van der Waals surface area (Å²) < 4.78 is 22.3. The third-order valence-electron chi connectivity index (χ3n) is 12.1.